The van der Waals surface area contributed by atoms with Gasteiger partial charge in [0.2, 0.25) is 0 Å². The van der Waals surface area contributed by atoms with E-state index in [0.717, 1.165) is 17.2 Å². The molecule has 0 spiro atoms. The molecule has 0 saturated heterocycles. The summed E-state index contributed by atoms with van der Waals surface area (Å²) in [5.74, 6) is 1.14. The van der Waals surface area contributed by atoms with Crippen LogP contribution >= 0.6 is 0 Å². The van der Waals surface area contributed by atoms with Gasteiger partial charge in [0.15, 0.2) is 0 Å². The third kappa shape index (κ3) is 4.17. The first-order valence-corrected chi connectivity index (χ1v) is 6.12. The lowest BCUT2D eigenvalue weighted by molar-refractivity contribution is -0.134. The van der Waals surface area contributed by atoms with Crippen LogP contribution in [0.15, 0.2) is 66.9 Å². The Labute approximate surface area is 117 Å². The molecular formula is C16H15NO3. The molecule has 0 amide bonds. The van der Waals surface area contributed by atoms with Crippen molar-refractivity contribution in [3.05, 3.63) is 66.9 Å². The molecule has 0 radical (unpaired) electrons. The number of anilines is 1. The van der Waals surface area contributed by atoms with Crippen LogP contribution in [0.25, 0.3) is 0 Å². The van der Waals surface area contributed by atoms with Crippen molar-refractivity contribution in [2.75, 3.05) is 12.4 Å². The van der Waals surface area contributed by atoms with Crippen LogP contribution in [0.3, 0.4) is 0 Å². The lowest BCUT2D eigenvalue weighted by Gasteiger charge is -2.06. The Morgan fingerprint density at radius 3 is 2.30 bits per heavy atom. The van der Waals surface area contributed by atoms with Crippen LogP contribution in [0, 0.1) is 0 Å². The van der Waals surface area contributed by atoms with E-state index < -0.39 is 5.97 Å². The summed E-state index contributed by atoms with van der Waals surface area (Å²) in [7, 11) is 1.34. The number of hydrogen-bond donors (Lipinski definition) is 1. The standard InChI is InChI=1S/C16H15NO3/c1-19-16(18)11-12-17-13-7-9-15(10-8-13)20-14-5-3-2-4-6-14/h2-12,17H,1H3/b12-11+. The molecule has 0 aliphatic carbocycles. The van der Waals surface area contributed by atoms with Gasteiger partial charge < -0.3 is 14.8 Å². The molecule has 0 aromatic heterocycles. The average Bonchev–Trinajstić information content (AvgIpc) is 2.50. The number of ether oxygens (including phenoxy) is 2. The van der Waals surface area contributed by atoms with Gasteiger partial charge in [0.25, 0.3) is 0 Å². The number of carbonyl (C=O) groups is 1. The summed E-state index contributed by atoms with van der Waals surface area (Å²) in [4.78, 5) is 10.9. The maximum absolute atomic E-state index is 10.9. The molecule has 0 saturated carbocycles. The van der Waals surface area contributed by atoms with Gasteiger partial charge in [-0.25, -0.2) is 4.79 Å². The monoisotopic (exact) mass is 269 g/mol. The Kier molecular flexibility index (Phi) is 4.78. The Morgan fingerprint density at radius 1 is 1.00 bits per heavy atom. The molecule has 0 bridgehead atoms. The molecule has 0 aliphatic heterocycles. The first-order valence-electron chi connectivity index (χ1n) is 6.12. The predicted molar refractivity (Wildman–Crippen MR) is 77.7 cm³/mol. The van der Waals surface area contributed by atoms with Crippen LogP contribution in [-0.4, -0.2) is 13.1 Å². The molecule has 0 heterocycles. The van der Waals surface area contributed by atoms with Crippen LogP contribution in [0.1, 0.15) is 0 Å². The van der Waals surface area contributed by atoms with Crippen molar-refractivity contribution in [2.24, 2.45) is 0 Å². The van der Waals surface area contributed by atoms with Crippen molar-refractivity contribution in [3.8, 4) is 11.5 Å². The van der Waals surface area contributed by atoms with E-state index in [1.165, 1.54) is 19.4 Å². The highest BCUT2D eigenvalue weighted by atomic mass is 16.5. The Bertz CT molecular complexity index is 576. The molecule has 2 rings (SSSR count). The van der Waals surface area contributed by atoms with E-state index in [-0.39, 0.29) is 0 Å². The summed E-state index contributed by atoms with van der Waals surface area (Å²) in [6, 6.07) is 17.0. The van der Waals surface area contributed by atoms with Gasteiger partial charge in [0.05, 0.1) is 7.11 Å². The normalized spacial score (nSPS) is 10.2. The van der Waals surface area contributed by atoms with Gasteiger partial charge in [-0.3, -0.25) is 0 Å². The smallest absolute Gasteiger partial charge is 0.331 e. The van der Waals surface area contributed by atoms with Crippen molar-refractivity contribution in [2.45, 2.75) is 0 Å². The second-order valence-electron chi connectivity index (χ2n) is 3.94. The zero-order valence-corrected chi connectivity index (χ0v) is 11.1. The fraction of sp³-hybridized carbons (Fsp3) is 0.0625. The predicted octanol–water partition coefficient (Wildman–Crippen LogP) is 3.58. The largest absolute Gasteiger partial charge is 0.466 e. The summed E-state index contributed by atoms with van der Waals surface area (Å²) in [6.07, 6.45) is 2.84. The Balaban J connectivity index is 1.93. The lowest BCUT2D eigenvalue weighted by atomic mass is 10.3. The van der Waals surface area contributed by atoms with E-state index in [1.54, 1.807) is 0 Å². The van der Waals surface area contributed by atoms with Crippen LogP contribution in [-0.2, 0) is 9.53 Å². The maximum Gasteiger partial charge on any atom is 0.331 e. The van der Waals surface area contributed by atoms with Crippen molar-refractivity contribution in [1.82, 2.24) is 0 Å². The SMILES string of the molecule is COC(=O)/C=C/Nc1ccc(Oc2ccccc2)cc1. The first-order chi connectivity index (χ1) is 9.78. The van der Waals surface area contributed by atoms with E-state index in [9.17, 15) is 4.79 Å². The molecule has 4 heteroatoms. The minimum absolute atomic E-state index is 0.401. The third-order valence-corrected chi connectivity index (χ3v) is 2.50. The van der Waals surface area contributed by atoms with Gasteiger partial charge in [0, 0.05) is 18.0 Å². The zero-order chi connectivity index (χ0) is 14.2. The third-order valence-electron chi connectivity index (χ3n) is 2.50. The van der Waals surface area contributed by atoms with Gasteiger partial charge in [-0.1, -0.05) is 18.2 Å². The molecule has 2 aromatic rings. The number of esters is 1. The van der Waals surface area contributed by atoms with Gasteiger partial charge in [-0.15, -0.1) is 0 Å². The average molecular weight is 269 g/mol. The molecule has 0 atom stereocenters. The van der Waals surface area contributed by atoms with E-state index in [4.69, 9.17) is 4.74 Å². The topological polar surface area (TPSA) is 47.6 Å². The first kappa shape index (κ1) is 13.7. The highest BCUT2D eigenvalue weighted by Crippen LogP contribution is 2.22. The van der Waals surface area contributed by atoms with E-state index in [0.29, 0.717) is 0 Å². The summed E-state index contributed by atoms with van der Waals surface area (Å²) < 4.78 is 10.2. The van der Waals surface area contributed by atoms with Gasteiger partial charge in [-0.2, -0.15) is 0 Å². The van der Waals surface area contributed by atoms with Gasteiger partial charge >= 0.3 is 5.97 Å². The van der Waals surface area contributed by atoms with E-state index in [1.807, 2.05) is 54.6 Å². The molecular weight excluding hydrogens is 254 g/mol. The second kappa shape index (κ2) is 6.99. The van der Waals surface area contributed by atoms with E-state index in [2.05, 4.69) is 10.1 Å². The number of carbonyl (C=O) groups excluding carboxylic acids is 1. The minimum atomic E-state index is -0.401. The highest BCUT2D eigenvalue weighted by molar-refractivity contribution is 5.82. The zero-order valence-electron chi connectivity index (χ0n) is 11.1. The number of methoxy groups -OCH3 is 1. The molecule has 102 valence electrons. The second-order valence-corrected chi connectivity index (χ2v) is 3.94. The van der Waals surface area contributed by atoms with Crippen molar-refractivity contribution < 1.29 is 14.3 Å². The maximum atomic E-state index is 10.9. The van der Waals surface area contributed by atoms with Crippen LogP contribution in [0.4, 0.5) is 5.69 Å². The van der Waals surface area contributed by atoms with Crippen LogP contribution in [0.5, 0.6) is 11.5 Å². The molecule has 0 aliphatic rings. The van der Waals surface area contributed by atoms with Gasteiger partial charge in [-0.05, 0) is 36.4 Å². The number of rotatable bonds is 5. The number of para-hydroxylation sites is 1. The van der Waals surface area contributed by atoms with Crippen LogP contribution < -0.4 is 10.1 Å². The van der Waals surface area contributed by atoms with Crippen molar-refractivity contribution >= 4 is 11.7 Å². The number of hydrogen-bond acceptors (Lipinski definition) is 4. The van der Waals surface area contributed by atoms with Gasteiger partial charge in [0.1, 0.15) is 11.5 Å². The van der Waals surface area contributed by atoms with Crippen molar-refractivity contribution in [1.29, 1.82) is 0 Å². The highest BCUT2D eigenvalue weighted by Gasteiger charge is 1.96. The minimum Gasteiger partial charge on any atom is -0.466 e. The Hall–Kier alpha value is -2.75. The molecule has 4 nitrogen and oxygen atoms in total. The van der Waals surface area contributed by atoms with Crippen molar-refractivity contribution in [3.63, 3.8) is 0 Å². The molecule has 0 fully saturated rings. The lowest BCUT2D eigenvalue weighted by Crippen LogP contribution is -1.96. The molecule has 0 unspecified atom stereocenters. The summed E-state index contributed by atoms with van der Waals surface area (Å²) in [5.41, 5.74) is 0.852. The Morgan fingerprint density at radius 2 is 1.65 bits per heavy atom. The van der Waals surface area contributed by atoms with Crippen LogP contribution in [0.2, 0.25) is 0 Å². The summed E-state index contributed by atoms with van der Waals surface area (Å²) in [6.45, 7) is 0. The number of benzene rings is 2. The summed E-state index contributed by atoms with van der Waals surface area (Å²) in [5, 5.41) is 2.96. The number of nitrogens with one attached hydrogen (secondary N) is 1. The molecule has 1 N–H and O–H groups in total. The quantitative estimate of drug-likeness (QED) is 0.665. The fourth-order valence-corrected chi connectivity index (χ4v) is 1.52. The molecule has 20 heavy (non-hydrogen) atoms. The molecule has 2 aromatic carbocycles. The van der Waals surface area contributed by atoms with E-state index >= 15 is 0 Å². The fourth-order valence-electron chi connectivity index (χ4n) is 1.52. The summed E-state index contributed by atoms with van der Waals surface area (Å²) >= 11 is 0.